The number of nitrogens with zero attached hydrogens (tertiary/aromatic N) is 3. The number of carbonyl (C=O) groups is 10. The molecule has 0 aromatic carbocycles. The molecule has 8 unspecified atom stereocenters. The van der Waals surface area contributed by atoms with Gasteiger partial charge in [0, 0.05) is 32.5 Å². The van der Waals surface area contributed by atoms with Gasteiger partial charge < -0.3 is 80.6 Å². The molecule has 73 heavy (non-hydrogen) atoms. The van der Waals surface area contributed by atoms with E-state index in [0.717, 1.165) is 12.8 Å². The highest BCUT2D eigenvalue weighted by molar-refractivity contribution is 5.97. The molecule has 27 heteroatoms. The molecule has 410 valence electrons. The van der Waals surface area contributed by atoms with Crippen LogP contribution in [0.5, 0.6) is 0 Å². The van der Waals surface area contributed by atoms with E-state index in [1.807, 2.05) is 0 Å². The number of nitrogens with one attached hydrogen (secondary N) is 7. The molecule has 19 N–H and O–H groups in total. The van der Waals surface area contributed by atoms with Crippen molar-refractivity contribution in [2.24, 2.45) is 33.7 Å². The first kappa shape index (κ1) is 59.4. The van der Waals surface area contributed by atoms with Gasteiger partial charge in [0.15, 0.2) is 5.96 Å². The first-order chi connectivity index (χ1) is 34.8. The fourth-order valence-electron chi connectivity index (χ4n) is 9.18. The molecule has 4 rings (SSSR count). The number of hydrogen-bond donors (Lipinski definition) is 14. The van der Waals surface area contributed by atoms with Crippen molar-refractivity contribution in [3.63, 3.8) is 0 Å². The summed E-state index contributed by atoms with van der Waals surface area (Å²) >= 11 is 0. The third-order valence-electron chi connectivity index (χ3n) is 13.5. The molecule has 8 atom stereocenters. The van der Waals surface area contributed by atoms with Crippen LogP contribution in [0.2, 0.25) is 0 Å². The van der Waals surface area contributed by atoms with Crippen LogP contribution in [0.25, 0.3) is 0 Å². The van der Waals surface area contributed by atoms with Crippen molar-refractivity contribution in [2.75, 3.05) is 39.3 Å². The highest BCUT2D eigenvalue weighted by atomic mass is 16.4. The number of amides is 8. The van der Waals surface area contributed by atoms with E-state index in [1.54, 1.807) is 0 Å². The molecule has 8 amide bonds. The molecule has 1 saturated carbocycles. The number of aliphatic imine (C=N–C) groups is 1. The summed E-state index contributed by atoms with van der Waals surface area (Å²) in [6.07, 6.45) is 3.34. The van der Waals surface area contributed by atoms with Gasteiger partial charge in [0.2, 0.25) is 47.3 Å². The fraction of sp³-hybridized carbons (Fsp3) is 0.761. The van der Waals surface area contributed by atoms with Crippen LogP contribution in [-0.2, 0) is 47.9 Å². The molecule has 0 bridgehead atoms. The molecule has 0 spiro atoms. The average molecular weight is 1030 g/mol. The van der Waals surface area contributed by atoms with Gasteiger partial charge in [-0.25, -0.2) is 9.59 Å². The van der Waals surface area contributed by atoms with Crippen molar-refractivity contribution in [3.8, 4) is 0 Å². The summed E-state index contributed by atoms with van der Waals surface area (Å²) in [5.41, 5.74) is 27.9. The van der Waals surface area contributed by atoms with E-state index in [4.69, 9.17) is 28.7 Å². The van der Waals surface area contributed by atoms with E-state index in [1.165, 1.54) is 9.80 Å². The summed E-state index contributed by atoms with van der Waals surface area (Å²) < 4.78 is 0. The Hall–Kier alpha value is -6.19. The van der Waals surface area contributed by atoms with Gasteiger partial charge in [-0.2, -0.15) is 0 Å². The lowest BCUT2D eigenvalue weighted by Crippen LogP contribution is -2.58. The first-order valence-corrected chi connectivity index (χ1v) is 25.6. The number of hydrogen-bond acceptors (Lipinski definition) is 15. The lowest BCUT2D eigenvalue weighted by Gasteiger charge is -2.31. The molecule has 3 heterocycles. The van der Waals surface area contributed by atoms with Crippen molar-refractivity contribution in [2.45, 2.75) is 182 Å². The van der Waals surface area contributed by atoms with E-state index in [2.05, 4.69) is 42.2 Å². The Bertz CT molecular complexity index is 1990. The predicted octanol–water partition coefficient (Wildman–Crippen LogP) is -4.25. The minimum absolute atomic E-state index is 0.0113. The number of carboxylic acids is 2. The molecule has 4 fully saturated rings. The Morgan fingerprint density at radius 2 is 1.08 bits per heavy atom. The highest BCUT2D eigenvalue weighted by Crippen LogP contribution is 2.28. The number of fused-ring (bicyclic) bond motifs is 2. The number of nitrogens with two attached hydrogens (primary N) is 5. The standard InChI is InChI=1S/C46H79N15O12/c47-21-3-1-9-29-42(69)61-26-8-14-34(61)40(67)57-28(38(65)59-32(44(72)73)12-6-24-53-46(51)19-20-46)16-18-36(63)55-30(10-2-4-22-48)41(68)60-25-7-13-33(60)39(66)56-27(15-17-35(62)54-29)37(64)58-31(43(70)71)11-5-23-52-45(49)50/h27-34,53H,1-26,47-48,51H2,(H,54,62)(H,55,63)(H,56,66)(H,57,67)(H,58,64)(H,59,65)(H,70,71)(H,72,73)(H4,49,50,52). The van der Waals surface area contributed by atoms with Crippen molar-refractivity contribution >= 4 is 65.2 Å². The monoisotopic (exact) mass is 1030 g/mol. The van der Waals surface area contributed by atoms with Crippen LogP contribution in [0, 0.1) is 0 Å². The maximum Gasteiger partial charge on any atom is 0.326 e. The van der Waals surface area contributed by atoms with Gasteiger partial charge in [-0.3, -0.25) is 48.7 Å². The second kappa shape index (κ2) is 29.5. The van der Waals surface area contributed by atoms with Crippen LogP contribution in [0.15, 0.2) is 4.99 Å². The van der Waals surface area contributed by atoms with Gasteiger partial charge >= 0.3 is 11.9 Å². The SMILES string of the molecule is NCCCCC1NC(=O)CCC(C(=O)NC(CCCNC2(N)CC2)C(=O)O)NC(=O)C2CCCN2C(=O)C(CCCCN)NC(=O)CCC(C(=O)NC(CCCN=C(N)N)C(=O)O)NC(=O)C2CCCN2C1=O. The summed E-state index contributed by atoms with van der Waals surface area (Å²) in [6, 6.07) is -10.5. The molecule has 1 aliphatic carbocycles. The lowest BCUT2D eigenvalue weighted by molar-refractivity contribution is -0.144. The van der Waals surface area contributed by atoms with Crippen LogP contribution in [-0.4, -0.2) is 178 Å². The normalized spacial score (nSPS) is 25.0. The Balaban J connectivity index is 1.68. The molecule has 3 saturated heterocycles. The van der Waals surface area contributed by atoms with E-state index in [-0.39, 0.29) is 96.5 Å². The molecule has 0 aromatic heterocycles. The maximum absolute atomic E-state index is 14.4. The Labute approximate surface area is 424 Å². The second-order valence-electron chi connectivity index (χ2n) is 19.4. The van der Waals surface area contributed by atoms with E-state index < -0.39 is 126 Å². The van der Waals surface area contributed by atoms with Crippen LogP contribution in [0.3, 0.4) is 0 Å². The predicted molar refractivity (Wildman–Crippen MR) is 264 cm³/mol. The third kappa shape index (κ3) is 19.3. The van der Waals surface area contributed by atoms with E-state index >= 15 is 0 Å². The highest BCUT2D eigenvalue weighted by Gasteiger charge is 2.42. The summed E-state index contributed by atoms with van der Waals surface area (Å²) in [5.74, 6) is -8.94. The molecule has 0 aromatic rings. The van der Waals surface area contributed by atoms with Crippen LogP contribution in [0.1, 0.15) is 128 Å². The smallest absolute Gasteiger partial charge is 0.326 e. The lowest BCUT2D eigenvalue weighted by atomic mass is 10.0. The van der Waals surface area contributed by atoms with E-state index in [9.17, 15) is 58.2 Å². The zero-order valence-electron chi connectivity index (χ0n) is 41.7. The number of unbranched alkanes of at least 4 members (excludes halogenated alkanes) is 2. The number of carboxylic acid groups (broad SMARTS) is 2. The van der Waals surface area contributed by atoms with Crippen molar-refractivity contribution in [1.29, 1.82) is 0 Å². The molecular formula is C46H79N15O12. The first-order valence-electron chi connectivity index (χ1n) is 25.6. The summed E-state index contributed by atoms with van der Waals surface area (Å²) in [7, 11) is 0. The summed E-state index contributed by atoms with van der Waals surface area (Å²) in [4.78, 5) is 144. The minimum Gasteiger partial charge on any atom is -0.480 e. The molecule has 3 aliphatic heterocycles. The van der Waals surface area contributed by atoms with Crippen LogP contribution >= 0.6 is 0 Å². The molecule has 0 radical (unpaired) electrons. The number of guanidine groups is 1. The zero-order chi connectivity index (χ0) is 53.7. The molecular weight excluding hydrogens is 955 g/mol. The number of rotatable bonds is 23. The maximum atomic E-state index is 14.4. The number of carbonyl (C=O) groups excluding carboxylic acids is 8. The van der Waals surface area contributed by atoms with Crippen molar-refractivity contribution in [3.05, 3.63) is 0 Å². The van der Waals surface area contributed by atoms with Crippen molar-refractivity contribution in [1.82, 2.24) is 47.0 Å². The van der Waals surface area contributed by atoms with E-state index in [0.29, 0.717) is 51.5 Å². The summed E-state index contributed by atoms with van der Waals surface area (Å²) in [6.45, 7) is 1.21. The Kier molecular flexibility index (Phi) is 24.0. The van der Waals surface area contributed by atoms with Gasteiger partial charge in [-0.1, -0.05) is 0 Å². The fourth-order valence-corrected chi connectivity index (χ4v) is 9.18. The summed E-state index contributed by atoms with van der Waals surface area (Å²) in [5, 5.41) is 38.9. The van der Waals surface area contributed by atoms with Gasteiger partial charge in [0.25, 0.3) is 0 Å². The van der Waals surface area contributed by atoms with Gasteiger partial charge in [0.05, 0.1) is 5.66 Å². The van der Waals surface area contributed by atoms with Crippen LogP contribution in [0.4, 0.5) is 0 Å². The van der Waals surface area contributed by atoms with Gasteiger partial charge in [0.1, 0.15) is 48.3 Å². The average Bonchev–Trinajstić information content (AvgIpc) is 3.66. The second-order valence-corrected chi connectivity index (χ2v) is 19.4. The zero-order valence-corrected chi connectivity index (χ0v) is 41.7. The topological polar surface area (TPSA) is 444 Å². The molecule has 4 aliphatic rings. The largest absolute Gasteiger partial charge is 0.480 e. The minimum atomic E-state index is -1.51. The number of aliphatic carboxylic acids is 2. The van der Waals surface area contributed by atoms with Crippen molar-refractivity contribution < 1.29 is 58.2 Å². The Morgan fingerprint density at radius 3 is 1.48 bits per heavy atom. The Morgan fingerprint density at radius 1 is 0.644 bits per heavy atom. The third-order valence-corrected chi connectivity index (χ3v) is 13.5. The van der Waals surface area contributed by atoms with Gasteiger partial charge in [-0.05, 0) is 135 Å². The molecule has 27 nitrogen and oxygen atoms in total. The van der Waals surface area contributed by atoms with Gasteiger partial charge in [-0.15, -0.1) is 0 Å². The van der Waals surface area contributed by atoms with Crippen LogP contribution < -0.4 is 65.9 Å². The quantitative estimate of drug-likeness (QED) is 0.0199.